The van der Waals surface area contributed by atoms with Gasteiger partial charge in [-0.2, -0.15) is 0 Å². The van der Waals surface area contributed by atoms with E-state index in [1.807, 2.05) is 17.0 Å². The lowest BCUT2D eigenvalue weighted by atomic mass is 10.1. The van der Waals surface area contributed by atoms with Gasteiger partial charge >= 0.3 is 0 Å². The number of amides is 1. The Bertz CT molecular complexity index is 680. The molecule has 1 aliphatic rings. The summed E-state index contributed by atoms with van der Waals surface area (Å²) in [5.74, 6) is 0.0447. The molecule has 0 aliphatic carbocycles. The Morgan fingerprint density at radius 3 is 3.05 bits per heavy atom. The van der Waals surface area contributed by atoms with E-state index in [0.717, 1.165) is 22.1 Å². The Hall–Kier alpha value is -1.59. The van der Waals surface area contributed by atoms with Crippen LogP contribution in [0.4, 0.5) is 5.69 Å². The topological polar surface area (TPSA) is 55.6 Å². The zero-order chi connectivity index (χ0) is 15.0. The summed E-state index contributed by atoms with van der Waals surface area (Å²) in [6.07, 6.45) is 0.898. The predicted molar refractivity (Wildman–Crippen MR) is 86.9 cm³/mol. The number of carbonyl (C=O) groups excluding carboxylic acids is 1. The van der Waals surface area contributed by atoms with Crippen molar-refractivity contribution in [3.8, 4) is 0 Å². The van der Waals surface area contributed by atoms with Gasteiger partial charge in [-0.25, -0.2) is 0 Å². The van der Waals surface area contributed by atoms with Crippen LogP contribution >= 0.6 is 11.3 Å². The first-order valence-electron chi connectivity index (χ1n) is 7.29. The molecule has 5 heteroatoms. The number of benzene rings is 1. The van der Waals surface area contributed by atoms with Crippen molar-refractivity contribution >= 4 is 33.0 Å². The van der Waals surface area contributed by atoms with E-state index in [1.165, 1.54) is 11.3 Å². The quantitative estimate of drug-likeness (QED) is 0.928. The van der Waals surface area contributed by atoms with Crippen LogP contribution in [0.2, 0.25) is 0 Å². The van der Waals surface area contributed by atoms with Crippen molar-refractivity contribution in [2.24, 2.45) is 0 Å². The van der Waals surface area contributed by atoms with Gasteiger partial charge in [-0.05, 0) is 18.9 Å². The van der Waals surface area contributed by atoms with E-state index in [1.54, 1.807) is 0 Å². The van der Waals surface area contributed by atoms with Crippen LogP contribution in [0.1, 0.15) is 28.6 Å². The Morgan fingerprint density at radius 1 is 1.52 bits per heavy atom. The van der Waals surface area contributed by atoms with E-state index in [4.69, 9.17) is 10.5 Å². The lowest BCUT2D eigenvalue weighted by Gasteiger charge is -2.34. The maximum atomic E-state index is 12.9. The van der Waals surface area contributed by atoms with E-state index in [2.05, 4.69) is 19.9 Å². The molecule has 1 aromatic heterocycles. The number of fused-ring (bicyclic) bond motifs is 1. The molecule has 1 aliphatic heterocycles. The van der Waals surface area contributed by atoms with Crippen LogP contribution in [-0.4, -0.2) is 36.6 Å². The second kappa shape index (κ2) is 5.66. The van der Waals surface area contributed by atoms with Gasteiger partial charge in [0.1, 0.15) is 4.88 Å². The molecular formula is C16H20N2O2S. The average Bonchev–Trinajstić information content (AvgIpc) is 2.85. The Labute approximate surface area is 128 Å². The van der Waals surface area contributed by atoms with E-state index in [9.17, 15) is 4.79 Å². The normalized spacial score (nSPS) is 19.1. The zero-order valence-corrected chi connectivity index (χ0v) is 13.2. The number of rotatable bonds is 2. The van der Waals surface area contributed by atoms with Crippen molar-refractivity contribution in [1.29, 1.82) is 0 Å². The Kier molecular flexibility index (Phi) is 3.87. The van der Waals surface area contributed by atoms with Crippen LogP contribution in [0, 0.1) is 6.92 Å². The lowest BCUT2D eigenvalue weighted by Crippen LogP contribution is -2.48. The Balaban J connectivity index is 2.01. The van der Waals surface area contributed by atoms with Crippen molar-refractivity contribution < 1.29 is 9.53 Å². The molecule has 0 radical (unpaired) electrons. The molecule has 2 heterocycles. The largest absolute Gasteiger partial charge is 0.397 e. The minimum absolute atomic E-state index is 0.0447. The summed E-state index contributed by atoms with van der Waals surface area (Å²) >= 11 is 1.51. The number of carbonyl (C=O) groups is 1. The van der Waals surface area contributed by atoms with Gasteiger partial charge in [0.2, 0.25) is 0 Å². The molecule has 0 saturated carbocycles. The van der Waals surface area contributed by atoms with Crippen molar-refractivity contribution in [3.63, 3.8) is 0 Å². The highest BCUT2D eigenvalue weighted by molar-refractivity contribution is 7.21. The highest BCUT2D eigenvalue weighted by Gasteiger charge is 2.29. The van der Waals surface area contributed by atoms with Gasteiger partial charge in [-0.1, -0.05) is 25.1 Å². The molecule has 2 aromatic rings. The summed E-state index contributed by atoms with van der Waals surface area (Å²) in [5.41, 5.74) is 8.01. The lowest BCUT2D eigenvalue weighted by molar-refractivity contribution is -0.00248. The fraction of sp³-hybridized carbons (Fsp3) is 0.438. The van der Waals surface area contributed by atoms with Crippen molar-refractivity contribution in [2.75, 3.05) is 25.5 Å². The third kappa shape index (κ3) is 2.40. The van der Waals surface area contributed by atoms with Gasteiger partial charge in [0.25, 0.3) is 5.91 Å². The standard InChI is InChI=1S/C16H20N2O2S/c1-3-11-9-20-8-7-18(11)16(19)15-13(17)12-6-4-5-10(2)14(12)21-15/h4-6,11H,3,7-9,17H2,1-2H3. The van der Waals surface area contributed by atoms with E-state index in [-0.39, 0.29) is 11.9 Å². The summed E-state index contributed by atoms with van der Waals surface area (Å²) in [7, 11) is 0. The van der Waals surface area contributed by atoms with Crippen molar-refractivity contribution in [2.45, 2.75) is 26.3 Å². The van der Waals surface area contributed by atoms with E-state index in [0.29, 0.717) is 30.3 Å². The van der Waals surface area contributed by atoms with E-state index < -0.39 is 0 Å². The number of thiophene rings is 1. The summed E-state index contributed by atoms with van der Waals surface area (Å²) in [6.45, 7) is 6.00. The highest BCUT2D eigenvalue weighted by Crippen LogP contribution is 2.36. The predicted octanol–water partition coefficient (Wildman–Crippen LogP) is 3.04. The molecule has 1 atom stereocenters. The van der Waals surface area contributed by atoms with Crippen molar-refractivity contribution in [1.82, 2.24) is 4.90 Å². The molecule has 2 N–H and O–H groups in total. The number of aryl methyl sites for hydroxylation is 1. The van der Waals surface area contributed by atoms with Gasteiger partial charge < -0.3 is 15.4 Å². The van der Waals surface area contributed by atoms with Crippen LogP contribution in [0.25, 0.3) is 10.1 Å². The van der Waals surface area contributed by atoms with Gasteiger partial charge in [-0.15, -0.1) is 11.3 Å². The van der Waals surface area contributed by atoms with Crippen molar-refractivity contribution in [3.05, 3.63) is 28.6 Å². The summed E-state index contributed by atoms with van der Waals surface area (Å²) < 4.78 is 6.59. The fourth-order valence-electron chi connectivity index (χ4n) is 2.83. The molecule has 0 spiro atoms. The van der Waals surface area contributed by atoms with Gasteiger partial charge in [-0.3, -0.25) is 4.79 Å². The molecule has 1 amide bonds. The minimum atomic E-state index is 0.0447. The molecule has 21 heavy (non-hydrogen) atoms. The molecule has 1 fully saturated rings. The van der Waals surface area contributed by atoms with Gasteiger partial charge in [0, 0.05) is 16.6 Å². The van der Waals surface area contributed by atoms with Crippen LogP contribution in [0.5, 0.6) is 0 Å². The average molecular weight is 304 g/mol. The van der Waals surface area contributed by atoms with E-state index >= 15 is 0 Å². The Morgan fingerprint density at radius 2 is 2.33 bits per heavy atom. The molecule has 1 saturated heterocycles. The first kappa shape index (κ1) is 14.4. The number of nitrogens with zero attached hydrogens (tertiary/aromatic N) is 1. The van der Waals surface area contributed by atoms with Crippen LogP contribution in [-0.2, 0) is 4.74 Å². The number of anilines is 1. The summed E-state index contributed by atoms with van der Waals surface area (Å²) in [5, 5.41) is 0.990. The molecule has 1 unspecified atom stereocenters. The van der Waals surface area contributed by atoms with Crippen LogP contribution < -0.4 is 5.73 Å². The number of nitrogen functional groups attached to an aromatic ring is 1. The maximum Gasteiger partial charge on any atom is 0.266 e. The molecule has 0 bridgehead atoms. The third-order valence-corrected chi connectivity index (χ3v) is 5.45. The van der Waals surface area contributed by atoms with Crippen LogP contribution in [0.15, 0.2) is 18.2 Å². The highest BCUT2D eigenvalue weighted by atomic mass is 32.1. The molecule has 3 rings (SSSR count). The summed E-state index contributed by atoms with van der Waals surface area (Å²) in [4.78, 5) is 15.5. The fourth-order valence-corrected chi connectivity index (χ4v) is 3.97. The number of hydrogen-bond acceptors (Lipinski definition) is 4. The van der Waals surface area contributed by atoms with Gasteiger partial charge in [0.05, 0.1) is 24.9 Å². The van der Waals surface area contributed by atoms with Crippen LogP contribution in [0.3, 0.4) is 0 Å². The zero-order valence-electron chi connectivity index (χ0n) is 12.4. The smallest absolute Gasteiger partial charge is 0.266 e. The third-order valence-electron chi connectivity index (χ3n) is 4.10. The SMILES string of the molecule is CCC1COCCN1C(=O)c1sc2c(C)cccc2c1N. The molecule has 112 valence electrons. The number of ether oxygens (including phenoxy) is 1. The number of nitrogens with two attached hydrogens (primary N) is 1. The second-order valence-electron chi connectivity index (χ2n) is 5.43. The first-order valence-corrected chi connectivity index (χ1v) is 8.11. The second-order valence-corrected chi connectivity index (χ2v) is 6.45. The minimum Gasteiger partial charge on any atom is -0.397 e. The molecular weight excluding hydrogens is 284 g/mol. The number of hydrogen-bond donors (Lipinski definition) is 1. The number of morpholine rings is 1. The maximum absolute atomic E-state index is 12.9. The monoisotopic (exact) mass is 304 g/mol. The summed E-state index contributed by atoms with van der Waals surface area (Å²) in [6, 6.07) is 6.17. The van der Waals surface area contributed by atoms with Gasteiger partial charge in [0.15, 0.2) is 0 Å². The molecule has 4 nitrogen and oxygen atoms in total. The molecule has 1 aromatic carbocycles. The first-order chi connectivity index (χ1) is 10.1.